The van der Waals surface area contributed by atoms with Crippen molar-refractivity contribution in [2.45, 2.75) is 57.5 Å². The highest BCUT2D eigenvalue weighted by Gasteiger charge is 2.33. The Bertz CT molecular complexity index is 767. The maximum atomic E-state index is 13.0. The summed E-state index contributed by atoms with van der Waals surface area (Å²) in [5.74, 6) is -0.398. The molecule has 3 atom stereocenters. The fourth-order valence-corrected chi connectivity index (χ4v) is 4.48. The van der Waals surface area contributed by atoms with E-state index < -0.39 is 0 Å². The van der Waals surface area contributed by atoms with E-state index in [2.05, 4.69) is 10.6 Å². The first kappa shape index (κ1) is 22.3. The Kier molecular flexibility index (Phi) is 7.85. The van der Waals surface area contributed by atoms with Crippen molar-refractivity contribution < 1.29 is 19.1 Å². The Morgan fingerprint density at radius 1 is 1.03 bits per heavy atom. The van der Waals surface area contributed by atoms with Crippen molar-refractivity contribution in [3.05, 3.63) is 35.4 Å². The van der Waals surface area contributed by atoms with E-state index in [9.17, 15) is 14.4 Å². The van der Waals surface area contributed by atoms with Gasteiger partial charge in [-0.05, 0) is 44.2 Å². The third-order valence-corrected chi connectivity index (χ3v) is 6.21. The van der Waals surface area contributed by atoms with E-state index in [1.54, 1.807) is 4.90 Å². The molecule has 3 rings (SSSR count). The van der Waals surface area contributed by atoms with Crippen LogP contribution in [0.5, 0.6) is 0 Å². The Morgan fingerprint density at radius 3 is 2.43 bits per heavy atom. The molecule has 7 nitrogen and oxygen atoms in total. The minimum absolute atomic E-state index is 0.0213. The van der Waals surface area contributed by atoms with Crippen molar-refractivity contribution in [2.75, 3.05) is 26.8 Å². The average Bonchev–Trinajstić information content (AvgIpc) is 2.75. The number of carbonyl (C=O) groups excluding carboxylic acids is 3. The van der Waals surface area contributed by atoms with E-state index >= 15 is 0 Å². The molecule has 3 amide bonds. The largest absolute Gasteiger partial charge is 0.375 e. The summed E-state index contributed by atoms with van der Waals surface area (Å²) in [5.41, 5.74) is 1.61. The van der Waals surface area contributed by atoms with E-state index in [1.165, 1.54) is 7.11 Å². The van der Waals surface area contributed by atoms with Gasteiger partial charge in [0.25, 0.3) is 5.91 Å². The second-order valence-electron chi connectivity index (χ2n) is 8.41. The molecule has 2 N–H and O–H groups in total. The minimum atomic E-state index is -0.214. The van der Waals surface area contributed by atoms with Gasteiger partial charge in [-0.2, -0.15) is 0 Å². The zero-order valence-electron chi connectivity index (χ0n) is 18.0. The lowest BCUT2D eigenvalue weighted by molar-refractivity contribution is -0.139. The number of rotatable bonds is 6. The van der Waals surface area contributed by atoms with Crippen molar-refractivity contribution in [1.29, 1.82) is 0 Å². The Hall–Kier alpha value is -2.41. The second-order valence-corrected chi connectivity index (χ2v) is 8.41. The summed E-state index contributed by atoms with van der Waals surface area (Å²) in [7, 11) is 1.50. The number of nitrogens with zero attached hydrogens (tertiary/aromatic N) is 1. The van der Waals surface area contributed by atoms with Crippen LogP contribution in [0.2, 0.25) is 0 Å². The van der Waals surface area contributed by atoms with Gasteiger partial charge in [0.1, 0.15) is 6.61 Å². The molecule has 2 fully saturated rings. The zero-order chi connectivity index (χ0) is 21.5. The predicted octanol–water partition coefficient (Wildman–Crippen LogP) is 2.04. The molecule has 1 aliphatic heterocycles. The Morgan fingerprint density at radius 2 is 1.73 bits per heavy atom. The van der Waals surface area contributed by atoms with Gasteiger partial charge < -0.3 is 20.3 Å². The van der Waals surface area contributed by atoms with Crippen molar-refractivity contribution >= 4 is 17.7 Å². The lowest BCUT2D eigenvalue weighted by Crippen LogP contribution is -2.55. The van der Waals surface area contributed by atoms with Gasteiger partial charge in [0.05, 0.1) is 5.92 Å². The van der Waals surface area contributed by atoms with Crippen LogP contribution < -0.4 is 10.6 Å². The number of aryl methyl sites for hydroxylation is 1. The molecule has 1 saturated heterocycles. The first-order valence-corrected chi connectivity index (χ1v) is 10.9. The number of hydrogen-bond donors (Lipinski definition) is 2. The number of nitrogens with one attached hydrogen (secondary N) is 2. The molecule has 2 aliphatic rings. The van der Waals surface area contributed by atoms with E-state index in [0.29, 0.717) is 18.7 Å². The highest BCUT2D eigenvalue weighted by atomic mass is 16.5. The van der Waals surface area contributed by atoms with Crippen LogP contribution in [0, 0.1) is 12.8 Å². The molecule has 1 saturated carbocycles. The third-order valence-electron chi connectivity index (χ3n) is 6.21. The molecule has 0 spiro atoms. The number of ether oxygens (including phenoxy) is 1. The molecule has 164 valence electrons. The number of methoxy groups -OCH3 is 1. The van der Waals surface area contributed by atoms with E-state index in [0.717, 1.165) is 44.1 Å². The van der Waals surface area contributed by atoms with Crippen LogP contribution in [-0.4, -0.2) is 61.5 Å². The molecule has 1 aliphatic carbocycles. The summed E-state index contributed by atoms with van der Waals surface area (Å²) in [6.07, 6.45) is 5.36. The zero-order valence-corrected chi connectivity index (χ0v) is 18.0. The van der Waals surface area contributed by atoms with Crippen LogP contribution in [0.4, 0.5) is 0 Å². The lowest BCUT2D eigenvalue weighted by Gasteiger charge is -2.36. The Balaban J connectivity index is 1.59. The molecule has 7 heteroatoms. The number of carbonyl (C=O) groups is 3. The first-order chi connectivity index (χ1) is 14.5. The van der Waals surface area contributed by atoms with Gasteiger partial charge in [-0.15, -0.1) is 0 Å². The van der Waals surface area contributed by atoms with Crippen LogP contribution in [-0.2, 0) is 14.3 Å². The fourth-order valence-electron chi connectivity index (χ4n) is 4.48. The van der Waals surface area contributed by atoms with Gasteiger partial charge in [0, 0.05) is 37.8 Å². The van der Waals surface area contributed by atoms with Gasteiger partial charge in [-0.1, -0.05) is 31.0 Å². The number of piperidine rings is 1. The van der Waals surface area contributed by atoms with Gasteiger partial charge >= 0.3 is 0 Å². The normalized spacial score (nSPS) is 24.2. The van der Waals surface area contributed by atoms with Crippen LogP contribution in [0.15, 0.2) is 24.3 Å². The maximum absolute atomic E-state index is 13.0. The summed E-state index contributed by atoms with van der Waals surface area (Å²) in [6.45, 7) is 3.07. The highest BCUT2D eigenvalue weighted by Crippen LogP contribution is 2.22. The number of likely N-dealkylation sites (tertiary alicyclic amines) is 1. The average molecular weight is 416 g/mol. The molecule has 1 heterocycles. The molecule has 0 unspecified atom stereocenters. The second kappa shape index (κ2) is 10.6. The van der Waals surface area contributed by atoms with Crippen molar-refractivity contribution in [1.82, 2.24) is 15.5 Å². The molecule has 30 heavy (non-hydrogen) atoms. The first-order valence-electron chi connectivity index (χ1n) is 10.9. The van der Waals surface area contributed by atoms with Gasteiger partial charge in [0.15, 0.2) is 0 Å². The summed E-state index contributed by atoms with van der Waals surface area (Å²) >= 11 is 0. The van der Waals surface area contributed by atoms with Crippen molar-refractivity contribution in [3.8, 4) is 0 Å². The van der Waals surface area contributed by atoms with Crippen LogP contribution in [0.1, 0.15) is 54.4 Å². The van der Waals surface area contributed by atoms with Crippen LogP contribution in [0.25, 0.3) is 0 Å². The summed E-state index contributed by atoms with van der Waals surface area (Å²) in [5, 5.41) is 6.32. The topological polar surface area (TPSA) is 87.7 Å². The highest BCUT2D eigenvalue weighted by molar-refractivity contribution is 5.95. The minimum Gasteiger partial charge on any atom is -0.375 e. The summed E-state index contributed by atoms with van der Waals surface area (Å²) in [4.78, 5) is 39.6. The Labute approximate surface area is 178 Å². The third kappa shape index (κ3) is 5.59. The maximum Gasteiger partial charge on any atom is 0.251 e. The van der Waals surface area contributed by atoms with E-state index in [4.69, 9.17) is 4.74 Å². The predicted molar refractivity (Wildman–Crippen MR) is 114 cm³/mol. The molecular weight excluding hydrogens is 382 g/mol. The summed E-state index contributed by atoms with van der Waals surface area (Å²) in [6, 6.07) is 7.38. The van der Waals surface area contributed by atoms with Crippen LogP contribution >= 0.6 is 0 Å². The molecule has 1 aromatic carbocycles. The molecule has 1 aromatic rings. The monoisotopic (exact) mass is 415 g/mol. The van der Waals surface area contributed by atoms with E-state index in [-0.39, 0.29) is 42.3 Å². The number of hydrogen-bond acceptors (Lipinski definition) is 4. The van der Waals surface area contributed by atoms with Crippen LogP contribution in [0.3, 0.4) is 0 Å². The van der Waals surface area contributed by atoms with Gasteiger partial charge in [-0.3, -0.25) is 14.4 Å². The van der Waals surface area contributed by atoms with Crippen molar-refractivity contribution in [2.24, 2.45) is 5.92 Å². The smallest absolute Gasteiger partial charge is 0.251 e. The van der Waals surface area contributed by atoms with Crippen molar-refractivity contribution in [3.63, 3.8) is 0 Å². The quantitative estimate of drug-likeness (QED) is 0.744. The van der Waals surface area contributed by atoms with Gasteiger partial charge in [0.2, 0.25) is 11.8 Å². The molecule has 0 radical (unpaired) electrons. The molecule has 0 bridgehead atoms. The molecule has 0 aromatic heterocycles. The molecular formula is C23H33N3O4. The fraction of sp³-hybridized carbons (Fsp3) is 0.609. The SMILES string of the molecule is COCC(=O)N1CCC[C@H](C(=O)N[C@@H]2CCCC[C@H]2NC(=O)c2ccccc2C)C1. The summed E-state index contributed by atoms with van der Waals surface area (Å²) < 4.78 is 4.94. The van der Waals surface area contributed by atoms with E-state index in [1.807, 2.05) is 31.2 Å². The lowest BCUT2D eigenvalue weighted by atomic mass is 9.88. The number of benzene rings is 1. The van der Waals surface area contributed by atoms with Gasteiger partial charge in [-0.25, -0.2) is 0 Å². The standard InChI is InChI=1S/C23H33N3O4/c1-16-8-3-4-10-18(16)23(29)25-20-12-6-5-11-19(20)24-22(28)17-9-7-13-26(14-17)21(27)15-30-2/h3-4,8,10,17,19-20H,5-7,9,11-15H2,1-2H3,(H,24,28)(H,25,29)/t17-,19+,20+/m0/s1. The number of amides is 3.